The van der Waals surface area contributed by atoms with Crippen molar-refractivity contribution in [2.24, 2.45) is 0 Å². The van der Waals surface area contributed by atoms with Gasteiger partial charge in [0.25, 0.3) is 0 Å². The SMILES string of the molecule is Fc1nc(C(Cl)(Cl)Cl)ncc1Cl. The van der Waals surface area contributed by atoms with Gasteiger partial charge in [0, 0.05) is 0 Å². The highest BCUT2D eigenvalue weighted by Crippen LogP contribution is 2.35. The van der Waals surface area contributed by atoms with Crippen LogP contribution >= 0.6 is 46.4 Å². The smallest absolute Gasteiger partial charge is 0.235 e. The molecule has 0 saturated heterocycles. The van der Waals surface area contributed by atoms with E-state index >= 15 is 0 Å². The minimum atomic E-state index is -1.83. The summed E-state index contributed by atoms with van der Waals surface area (Å²) in [6, 6.07) is 0. The molecule has 7 heteroatoms. The van der Waals surface area contributed by atoms with Crippen LogP contribution < -0.4 is 0 Å². The standard InChI is InChI=1S/C5HCl4FN2/c6-2-1-11-4(5(7,8)9)12-3(2)10/h1H. The molecule has 0 aromatic carbocycles. The van der Waals surface area contributed by atoms with Crippen molar-refractivity contribution in [1.82, 2.24) is 9.97 Å². The molecule has 0 radical (unpaired) electrons. The molecule has 1 aromatic rings. The van der Waals surface area contributed by atoms with E-state index in [0.717, 1.165) is 6.20 Å². The van der Waals surface area contributed by atoms with Crippen LogP contribution in [0.15, 0.2) is 6.20 Å². The molecular weight excluding hydrogens is 249 g/mol. The number of hydrogen-bond donors (Lipinski definition) is 0. The molecule has 0 unspecified atom stereocenters. The number of aromatic nitrogens is 2. The van der Waals surface area contributed by atoms with Gasteiger partial charge in [-0.05, 0) is 0 Å². The highest BCUT2D eigenvalue weighted by atomic mass is 35.6. The van der Waals surface area contributed by atoms with Gasteiger partial charge in [0.15, 0.2) is 5.82 Å². The predicted molar refractivity (Wildman–Crippen MR) is 46.2 cm³/mol. The summed E-state index contributed by atoms with van der Waals surface area (Å²) in [5.41, 5.74) is 0. The third kappa shape index (κ3) is 2.33. The Balaban J connectivity index is 3.14. The first-order valence-electron chi connectivity index (χ1n) is 2.66. The fourth-order valence-electron chi connectivity index (χ4n) is 0.483. The molecule has 0 fully saturated rings. The zero-order valence-corrected chi connectivity index (χ0v) is 8.39. The summed E-state index contributed by atoms with van der Waals surface area (Å²) < 4.78 is 10.8. The summed E-state index contributed by atoms with van der Waals surface area (Å²) in [5.74, 6) is -1.15. The van der Waals surface area contributed by atoms with E-state index in [2.05, 4.69) is 9.97 Å². The fourth-order valence-corrected chi connectivity index (χ4v) is 0.847. The van der Waals surface area contributed by atoms with E-state index in [1.807, 2.05) is 0 Å². The van der Waals surface area contributed by atoms with Gasteiger partial charge in [0.1, 0.15) is 5.02 Å². The lowest BCUT2D eigenvalue weighted by Crippen LogP contribution is -2.08. The van der Waals surface area contributed by atoms with E-state index < -0.39 is 9.74 Å². The minimum Gasteiger partial charge on any atom is -0.235 e. The van der Waals surface area contributed by atoms with E-state index in [-0.39, 0.29) is 10.8 Å². The molecule has 0 aliphatic heterocycles. The molecule has 1 aromatic heterocycles. The molecule has 1 rings (SSSR count). The van der Waals surface area contributed by atoms with E-state index in [9.17, 15) is 4.39 Å². The summed E-state index contributed by atoms with van der Waals surface area (Å²) in [6.07, 6.45) is 1.03. The maximum absolute atomic E-state index is 12.7. The minimum absolute atomic E-state index is 0.215. The van der Waals surface area contributed by atoms with Gasteiger partial charge in [-0.15, -0.1) is 0 Å². The van der Waals surface area contributed by atoms with Gasteiger partial charge in [0.2, 0.25) is 9.74 Å². The first kappa shape index (κ1) is 10.3. The predicted octanol–water partition coefficient (Wildman–Crippen LogP) is 3.10. The lowest BCUT2D eigenvalue weighted by atomic mass is 10.6. The average Bonchev–Trinajstić information content (AvgIpc) is 1.92. The average molecular weight is 250 g/mol. The van der Waals surface area contributed by atoms with Crippen LogP contribution in [0.25, 0.3) is 0 Å². The van der Waals surface area contributed by atoms with Crippen molar-refractivity contribution in [3.05, 3.63) is 23.0 Å². The topological polar surface area (TPSA) is 25.8 Å². The summed E-state index contributed by atoms with van der Waals surface area (Å²) in [6.45, 7) is 0. The molecule has 0 bridgehead atoms. The van der Waals surface area contributed by atoms with Crippen molar-refractivity contribution >= 4 is 46.4 Å². The molecule has 0 saturated carbocycles. The van der Waals surface area contributed by atoms with Crippen molar-refractivity contribution in [2.45, 2.75) is 3.79 Å². The zero-order valence-electron chi connectivity index (χ0n) is 5.36. The number of alkyl halides is 3. The Morgan fingerprint density at radius 2 is 1.92 bits per heavy atom. The highest BCUT2D eigenvalue weighted by molar-refractivity contribution is 6.66. The van der Waals surface area contributed by atoms with Crippen LogP contribution in [0.3, 0.4) is 0 Å². The molecule has 0 aliphatic rings. The second-order valence-electron chi connectivity index (χ2n) is 1.83. The zero-order chi connectivity index (χ0) is 9.35. The molecule has 2 nitrogen and oxygen atoms in total. The maximum atomic E-state index is 12.7. The molecule has 0 amide bonds. The molecule has 0 N–H and O–H groups in total. The van der Waals surface area contributed by atoms with Crippen LogP contribution in [0.2, 0.25) is 5.02 Å². The van der Waals surface area contributed by atoms with Gasteiger partial charge in [-0.3, -0.25) is 0 Å². The van der Waals surface area contributed by atoms with Crippen LogP contribution in [0.1, 0.15) is 5.82 Å². The number of nitrogens with zero attached hydrogens (tertiary/aromatic N) is 2. The van der Waals surface area contributed by atoms with E-state index in [1.165, 1.54) is 0 Å². The van der Waals surface area contributed by atoms with E-state index in [0.29, 0.717) is 0 Å². The second-order valence-corrected chi connectivity index (χ2v) is 4.52. The third-order valence-corrected chi connectivity index (χ3v) is 1.72. The molecule has 0 spiro atoms. The van der Waals surface area contributed by atoms with Crippen molar-refractivity contribution < 1.29 is 4.39 Å². The van der Waals surface area contributed by atoms with Crippen molar-refractivity contribution in [1.29, 1.82) is 0 Å². The van der Waals surface area contributed by atoms with Gasteiger partial charge < -0.3 is 0 Å². The molecule has 0 aliphatic carbocycles. The Morgan fingerprint density at radius 3 is 2.33 bits per heavy atom. The largest absolute Gasteiger partial charge is 0.250 e. The normalized spacial score (nSPS) is 11.8. The molecule has 0 atom stereocenters. The Labute approximate surface area is 87.6 Å². The highest BCUT2D eigenvalue weighted by Gasteiger charge is 2.27. The fraction of sp³-hybridized carbons (Fsp3) is 0.200. The van der Waals surface area contributed by atoms with Crippen LogP contribution in [-0.4, -0.2) is 9.97 Å². The second kappa shape index (κ2) is 3.50. The van der Waals surface area contributed by atoms with Gasteiger partial charge in [-0.2, -0.15) is 9.37 Å². The number of halogens is 5. The van der Waals surface area contributed by atoms with Crippen molar-refractivity contribution in [3.8, 4) is 0 Å². The van der Waals surface area contributed by atoms with Crippen molar-refractivity contribution in [3.63, 3.8) is 0 Å². The van der Waals surface area contributed by atoms with Gasteiger partial charge in [0.05, 0.1) is 6.20 Å². The third-order valence-electron chi connectivity index (χ3n) is 0.955. The first-order valence-corrected chi connectivity index (χ1v) is 4.17. The quantitative estimate of drug-likeness (QED) is 0.522. The molecule has 12 heavy (non-hydrogen) atoms. The summed E-state index contributed by atoms with van der Waals surface area (Å²) in [5, 5.41) is -0.215. The van der Waals surface area contributed by atoms with Gasteiger partial charge in [-0.1, -0.05) is 46.4 Å². The van der Waals surface area contributed by atoms with Gasteiger partial charge >= 0.3 is 0 Å². The Kier molecular flexibility index (Phi) is 2.99. The van der Waals surface area contributed by atoms with E-state index in [1.54, 1.807) is 0 Å². The summed E-state index contributed by atoms with van der Waals surface area (Å²) in [7, 11) is 0. The van der Waals surface area contributed by atoms with Crippen molar-refractivity contribution in [2.75, 3.05) is 0 Å². The number of hydrogen-bond acceptors (Lipinski definition) is 2. The summed E-state index contributed by atoms with van der Waals surface area (Å²) in [4.78, 5) is 6.77. The van der Waals surface area contributed by atoms with Crippen LogP contribution in [-0.2, 0) is 3.79 Å². The molecular formula is C5HCl4FN2. The Hall–Kier alpha value is 0.170. The summed E-state index contributed by atoms with van der Waals surface area (Å²) >= 11 is 21.4. The van der Waals surface area contributed by atoms with Crippen LogP contribution in [0.4, 0.5) is 4.39 Å². The molecule has 1 heterocycles. The number of rotatable bonds is 0. The van der Waals surface area contributed by atoms with Crippen LogP contribution in [0.5, 0.6) is 0 Å². The van der Waals surface area contributed by atoms with Crippen LogP contribution in [0, 0.1) is 5.95 Å². The molecule has 66 valence electrons. The monoisotopic (exact) mass is 248 g/mol. The lowest BCUT2D eigenvalue weighted by Gasteiger charge is -2.07. The first-order chi connectivity index (χ1) is 5.41. The van der Waals surface area contributed by atoms with Gasteiger partial charge in [-0.25, -0.2) is 4.98 Å². The Bertz CT molecular complexity index is 298. The Morgan fingerprint density at radius 1 is 1.33 bits per heavy atom. The lowest BCUT2D eigenvalue weighted by molar-refractivity contribution is 0.571. The van der Waals surface area contributed by atoms with E-state index in [4.69, 9.17) is 46.4 Å². The maximum Gasteiger partial charge on any atom is 0.250 e.